The van der Waals surface area contributed by atoms with Crippen LogP contribution in [0.15, 0.2) is 24.3 Å². The van der Waals surface area contributed by atoms with E-state index in [4.69, 9.17) is 12.2 Å². The van der Waals surface area contributed by atoms with E-state index in [0.717, 1.165) is 18.2 Å². The summed E-state index contributed by atoms with van der Waals surface area (Å²) >= 11 is 5.44. The maximum atomic E-state index is 5.44. The molecule has 0 radical (unpaired) electrons. The zero-order valence-corrected chi connectivity index (χ0v) is 28.2. The van der Waals surface area contributed by atoms with Crippen LogP contribution in [0.5, 0.6) is 0 Å². The Morgan fingerprint density at radius 1 is 0.375 bits per heavy atom. The fraction of sp³-hybridized carbons (Fsp3) is 0.865. The molecule has 0 heterocycles. The molecular weight excluding hydrogens is 504 g/mol. The summed E-state index contributed by atoms with van der Waals surface area (Å²) in [5, 5.41) is 7.63. The van der Waals surface area contributed by atoms with E-state index < -0.39 is 0 Å². The van der Waals surface area contributed by atoms with Gasteiger partial charge in [-0.2, -0.15) is 0 Å². The molecule has 40 heavy (non-hydrogen) atoms. The molecule has 0 saturated carbocycles. The Bertz CT molecular complexity index is 496. The lowest BCUT2D eigenvalue weighted by Crippen LogP contribution is -2.36. The van der Waals surface area contributed by atoms with E-state index in [1.165, 1.54) is 180 Å². The molecule has 0 amide bonds. The number of rotatable bonds is 32. The summed E-state index contributed by atoms with van der Waals surface area (Å²) in [6.45, 7) is 6.60. The maximum absolute atomic E-state index is 5.44. The third-order valence-electron chi connectivity index (χ3n) is 7.95. The fourth-order valence-corrected chi connectivity index (χ4v) is 5.42. The van der Waals surface area contributed by atoms with Gasteiger partial charge in [0.1, 0.15) is 0 Å². The number of allylic oxidation sites excluding steroid dienone is 4. The van der Waals surface area contributed by atoms with Crippen LogP contribution in [-0.4, -0.2) is 18.2 Å². The van der Waals surface area contributed by atoms with Gasteiger partial charge in [0, 0.05) is 13.1 Å². The van der Waals surface area contributed by atoms with Crippen molar-refractivity contribution in [3.63, 3.8) is 0 Å². The van der Waals surface area contributed by atoms with Crippen molar-refractivity contribution in [2.45, 2.75) is 194 Å². The topological polar surface area (TPSA) is 24.1 Å². The average molecular weight is 577 g/mol. The first-order chi connectivity index (χ1) is 19.8. The third-order valence-corrected chi connectivity index (χ3v) is 8.24. The van der Waals surface area contributed by atoms with Crippen LogP contribution in [0, 0.1) is 0 Å². The fourth-order valence-electron chi connectivity index (χ4n) is 5.21. The Balaban J connectivity index is 3.22. The quantitative estimate of drug-likeness (QED) is 0.0473. The zero-order chi connectivity index (χ0) is 29.0. The molecule has 0 aliphatic rings. The minimum absolute atomic E-state index is 0.848. The van der Waals surface area contributed by atoms with Crippen LogP contribution < -0.4 is 10.6 Å². The van der Waals surface area contributed by atoms with E-state index in [1.54, 1.807) is 0 Å². The minimum Gasteiger partial charge on any atom is -0.363 e. The summed E-state index contributed by atoms with van der Waals surface area (Å²) in [6, 6.07) is 0. The van der Waals surface area contributed by atoms with Crippen molar-refractivity contribution in [2.75, 3.05) is 13.1 Å². The maximum Gasteiger partial charge on any atom is 0.166 e. The second-order valence-electron chi connectivity index (χ2n) is 12.1. The summed E-state index contributed by atoms with van der Waals surface area (Å²) in [6.07, 6.45) is 47.7. The summed E-state index contributed by atoms with van der Waals surface area (Å²) in [5.41, 5.74) is 0. The van der Waals surface area contributed by atoms with Crippen LogP contribution >= 0.6 is 12.2 Å². The van der Waals surface area contributed by atoms with Gasteiger partial charge in [0.2, 0.25) is 0 Å². The van der Waals surface area contributed by atoms with Gasteiger partial charge in [0.05, 0.1) is 0 Å². The van der Waals surface area contributed by atoms with E-state index in [1.807, 2.05) is 0 Å². The van der Waals surface area contributed by atoms with Gasteiger partial charge in [-0.15, -0.1) is 0 Å². The molecule has 3 heteroatoms. The first kappa shape index (κ1) is 39.2. The molecule has 0 fully saturated rings. The van der Waals surface area contributed by atoms with E-state index >= 15 is 0 Å². The van der Waals surface area contributed by atoms with Gasteiger partial charge in [0.25, 0.3) is 0 Å². The Morgan fingerprint density at radius 2 is 0.625 bits per heavy atom. The predicted molar refractivity (Wildman–Crippen MR) is 188 cm³/mol. The van der Waals surface area contributed by atoms with Crippen molar-refractivity contribution < 1.29 is 0 Å². The normalized spacial score (nSPS) is 11.7. The second-order valence-corrected chi connectivity index (χ2v) is 12.5. The van der Waals surface area contributed by atoms with Crippen LogP contribution in [0.3, 0.4) is 0 Å². The van der Waals surface area contributed by atoms with E-state index in [9.17, 15) is 0 Å². The summed E-state index contributed by atoms with van der Waals surface area (Å²) in [5.74, 6) is 0. The predicted octanol–water partition coefficient (Wildman–Crippen LogP) is 12.5. The summed E-state index contributed by atoms with van der Waals surface area (Å²) < 4.78 is 0. The van der Waals surface area contributed by atoms with Crippen LogP contribution in [-0.2, 0) is 0 Å². The van der Waals surface area contributed by atoms with Crippen LogP contribution in [0.2, 0.25) is 0 Å². The highest BCUT2D eigenvalue weighted by atomic mass is 32.1. The van der Waals surface area contributed by atoms with Crippen molar-refractivity contribution in [3.8, 4) is 0 Å². The molecule has 0 unspecified atom stereocenters. The standard InChI is InChI=1S/C37H72N2S/c1-3-5-7-9-11-13-15-17-19-21-23-25-27-29-31-33-35-38-37(40)39-36-34-32-30-28-26-24-22-20-18-16-14-12-10-8-6-4-2/h17-20H,3-16,21-36H2,1-2H3,(H2,38,39,40)/b19-17-,20-18-. The SMILES string of the molecule is CCCCCCCC/C=C\CCCCCCCCNC(=S)NCCCCCCCC/C=C\CCCCCCCC. The van der Waals surface area contributed by atoms with Crippen LogP contribution in [0.1, 0.15) is 194 Å². The number of hydrogen-bond donors (Lipinski definition) is 2. The molecule has 0 bridgehead atoms. The van der Waals surface area contributed by atoms with E-state index in [0.29, 0.717) is 0 Å². The van der Waals surface area contributed by atoms with Gasteiger partial charge < -0.3 is 10.6 Å². The highest BCUT2D eigenvalue weighted by molar-refractivity contribution is 7.80. The molecule has 0 saturated heterocycles. The largest absolute Gasteiger partial charge is 0.363 e. The van der Waals surface area contributed by atoms with Crippen molar-refractivity contribution in [2.24, 2.45) is 0 Å². The summed E-state index contributed by atoms with van der Waals surface area (Å²) in [7, 11) is 0. The van der Waals surface area contributed by atoms with Crippen molar-refractivity contribution in [3.05, 3.63) is 24.3 Å². The monoisotopic (exact) mass is 577 g/mol. The van der Waals surface area contributed by atoms with Gasteiger partial charge in [-0.05, 0) is 76.4 Å². The molecule has 2 nitrogen and oxygen atoms in total. The zero-order valence-electron chi connectivity index (χ0n) is 27.4. The lowest BCUT2D eigenvalue weighted by atomic mass is 10.1. The third kappa shape index (κ3) is 35.2. The van der Waals surface area contributed by atoms with Gasteiger partial charge in [-0.3, -0.25) is 0 Å². The molecule has 0 aliphatic heterocycles. The number of hydrogen-bond acceptors (Lipinski definition) is 1. The molecule has 0 aliphatic carbocycles. The van der Waals surface area contributed by atoms with Gasteiger partial charge in [-0.25, -0.2) is 0 Å². The first-order valence-electron chi connectivity index (χ1n) is 18.1. The molecular formula is C37H72N2S. The average Bonchev–Trinajstić information content (AvgIpc) is 2.96. The molecule has 0 aromatic heterocycles. The highest BCUT2D eigenvalue weighted by Crippen LogP contribution is 2.11. The second kappa shape index (κ2) is 36.2. The van der Waals surface area contributed by atoms with Gasteiger partial charge in [0.15, 0.2) is 5.11 Å². The van der Waals surface area contributed by atoms with Gasteiger partial charge in [-0.1, -0.05) is 154 Å². The number of thiocarbonyl (C=S) groups is 1. The Morgan fingerprint density at radius 3 is 0.925 bits per heavy atom. The van der Waals surface area contributed by atoms with E-state index in [2.05, 4.69) is 48.8 Å². The number of nitrogens with one attached hydrogen (secondary N) is 2. The van der Waals surface area contributed by atoms with Crippen LogP contribution in [0.25, 0.3) is 0 Å². The Labute approximate surface area is 258 Å². The Hall–Kier alpha value is -0.830. The molecule has 0 rings (SSSR count). The van der Waals surface area contributed by atoms with Gasteiger partial charge >= 0.3 is 0 Å². The molecule has 0 aromatic carbocycles. The highest BCUT2D eigenvalue weighted by Gasteiger charge is 1.97. The van der Waals surface area contributed by atoms with E-state index in [-0.39, 0.29) is 0 Å². The minimum atomic E-state index is 0.848. The molecule has 2 N–H and O–H groups in total. The summed E-state index contributed by atoms with van der Waals surface area (Å²) in [4.78, 5) is 0. The first-order valence-corrected chi connectivity index (χ1v) is 18.5. The van der Waals surface area contributed by atoms with Crippen molar-refractivity contribution in [1.82, 2.24) is 10.6 Å². The Kier molecular flexibility index (Phi) is 35.4. The lowest BCUT2D eigenvalue weighted by molar-refractivity contribution is 0.584. The molecule has 0 spiro atoms. The molecule has 0 atom stereocenters. The van der Waals surface area contributed by atoms with Crippen molar-refractivity contribution in [1.29, 1.82) is 0 Å². The molecule has 236 valence electrons. The number of unbranched alkanes of at least 4 members (excludes halogenated alkanes) is 24. The van der Waals surface area contributed by atoms with Crippen molar-refractivity contribution >= 4 is 17.3 Å². The smallest absolute Gasteiger partial charge is 0.166 e. The van der Waals surface area contributed by atoms with Crippen LogP contribution in [0.4, 0.5) is 0 Å². The molecule has 0 aromatic rings. The lowest BCUT2D eigenvalue weighted by Gasteiger charge is -2.10.